The van der Waals surface area contributed by atoms with Crippen LogP contribution in [0.5, 0.6) is 0 Å². The fourth-order valence-electron chi connectivity index (χ4n) is 4.20. The standard InChI is InChI=1S/C26H28BrNO5/c1-4-32-23(30)25(3)17-26(24(31)33-5-2,16-20(27)22(25)29)28-21(18-12-8-6-9-13-18)19-14-10-7-11-15-19/h6-15,20H,4-5,16-17H2,1-3H3. The number of ketones is 1. The van der Waals surface area contributed by atoms with Crippen molar-refractivity contribution in [3.63, 3.8) is 0 Å². The fraction of sp³-hybridized carbons (Fsp3) is 0.385. The zero-order chi connectivity index (χ0) is 24.1. The monoisotopic (exact) mass is 513 g/mol. The van der Waals surface area contributed by atoms with Gasteiger partial charge >= 0.3 is 11.9 Å². The third-order valence-corrected chi connectivity index (χ3v) is 6.53. The summed E-state index contributed by atoms with van der Waals surface area (Å²) in [5.74, 6) is -1.55. The molecule has 0 aliphatic heterocycles. The van der Waals surface area contributed by atoms with Crippen LogP contribution in [0.3, 0.4) is 0 Å². The van der Waals surface area contributed by atoms with Crippen molar-refractivity contribution < 1.29 is 23.9 Å². The summed E-state index contributed by atoms with van der Waals surface area (Å²) in [6.07, 6.45) is -0.0649. The van der Waals surface area contributed by atoms with Crippen molar-refractivity contribution in [2.45, 2.75) is 44.0 Å². The summed E-state index contributed by atoms with van der Waals surface area (Å²) in [4.78, 5) is 43.7. The molecule has 1 aliphatic rings. The second-order valence-corrected chi connectivity index (χ2v) is 9.32. The van der Waals surface area contributed by atoms with E-state index in [1.54, 1.807) is 13.8 Å². The van der Waals surface area contributed by atoms with E-state index in [0.29, 0.717) is 5.71 Å². The third kappa shape index (κ3) is 5.08. The number of nitrogens with zero attached hydrogens (tertiary/aromatic N) is 1. The van der Waals surface area contributed by atoms with Crippen LogP contribution >= 0.6 is 15.9 Å². The number of hydrogen-bond donors (Lipinski definition) is 0. The predicted octanol–water partition coefficient (Wildman–Crippen LogP) is 4.52. The van der Waals surface area contributed by atoms with Crippen molar-refractivity contribution in [1.82, 2.24) is 0 Å². The van der Waals surface area contributed by atoms with Crippen molar-refractivity contribution >= 4 is 39.4 Å². The van der Waals surface area contributed by atoms with Crippen LogP contribution in [-0.2, 0) is 23.9 Å². The maximum atomic E-state index is 13.4. The number of esters is 2. The van der Waals surface area contributed by atoms with Gasteiger partial charge in [0.2, 0.25) is 0 Å². The van der Waals surface area contributed by atoms with Crippen LogP contribution in [-0.4, -0.2) is 47.0 Å². The quantitative estimate of drug-likeness (QED) is 0.235. The maximum absolute atomic E-state index is 13.4. The molecule has 1 saturated carbocycles. The lowest BCUT2D eigenvalue weighted by molar-refractivity contribution is -0.165. The highest BCUT2D eigenvalue weighted by Crippen LogP contribution is 2.45. The Morgan fingerprint density at radius 2 is 1.42 bits per heavy atom. The zero-order valence-corrected chi connectivity index (χ0v) is 20.6. The van der Waals surface area contributed by atoms with Crippen LogP contribution in [0.15, 0.2) is 65.7 Å². The second-order valence-electron chi connectivity index (χ2n) is 8.21. The predicted molar refractivity (Wildman–Crippen MR) is 130 cm³/mol. The highest BCUT2D eigenvalue weighted by Gasteiger charge is 2.59. The number of ether oxygens (including phenoxy) is 2. The molecule has 2 aromatic carbocycles. The van der Waals surface area contributed by atoms with Crippen molar-refractivity contribution in [2.24, 2.45) is 10.4 Å². The van der Waals surface area contributed by atoms with Gasteiger partial charge in [-0.25, -0.2) is 4.79 Å². The smallest absolute Gasteiger partial charge is 0.334 e. The number of alkyl halides is 1. The zero-order valence-electron chi connectivity index (χ0n) is 19.0. The van der Waals surface area contributed by atoms with Crippen molar-refractivity contribution in [1.29, 1.82) is 0 Å². The summed E-state index contributed by atoms with van der Waals surface area (Å²) < 4.78 is 10.7. The molecule has 3 rings (SSSR count). The van der Waals surface area contributed by atoms with Crippen molar-refractivity contribution in [3.05, 3.63) is 71.8 Å². The van der Waals surface area contributed by atoms with Gasteiger partial charge in [-0.1, -0.05) is 76.6 Å². The summed E-state index contributed by atoms with van der Waals surface area (Å²) in [5.41, 5.74) is -0.788. The first kappa shape index (κ1) is 24.8. The van der Waals surface area contributed by atoms with Crippen LogP contribution in [0.4, 0.5) is 0 Å². The summed E-state index contributed by atoms with van der Waals surface area (Å²) in [6, 6.07) is 19.0. The van der Waals surface area contributed by atoms with E-state index >= 15 is 0 Å². The first-order chi connectivity index (χ1) is 15.8. The lowest BCUT2D eigenvalue weighted by Gasteiger charge is -2.42. The number of Topliss-reactive ketones (excluding diaryl/α,β-unsaturated/α-hetero) is 1. The molecule has 3 atom stereocenters. The van der Waals surface area contributed by atoms with Gasteiger partial charge in [0.1, 0.15) is 5.41 Å². The average molecular weight is 514 g/mol. The molecular weight excluding hydrogens is 486 g/mol. The number of carbonyl (C=O) groups excluding carboxylic acids is 3. The first-order valence-corrected chi connectivity index (χ1v) is 11.9. The molecule has 1 aliphatic carbocycles. The fourth-order valence-corrected chi connectivity index (χ4v) is 5.24. The Balaban J connectivity index is 2.24. The van der Waals surface area contributed by atoms with Crippen LogP contribution < -0.4 is 0 Å². The maximum Gasteiger partial charge on any atom is 0.334 e. The molecule has 7 heteroatoms. The molecule has 2 aromatic rings. The van der Waals surface area contributed by atoms with Gasteiger partial charge in [-0.2, -0.15) is 0 Å². The van der Waals surface area contributed by atoms with Gasteiger partial charge in [0.15, 0.2) is 11.3 Å². The molecule has 0 aromatic heterocycles. The molecule has 0 saturated heterocycles. The SMILES string of the molecule is CCOC(=O)C1(N=C(c2ccccc2)c2ccccc2)CC(Br)C(=O)C(C)(C(=O)OCC)C1. The van der Waals surface area contributed by atoms with E-state index < -0.39 is 27.7 Å². The topological polar surface area (TPSA) is 82.0 Å². The van der Waals surface area contributed by atoms with Crippen LogP contribution in [0.1, 0.15) is 44.7 Å². The molecule has 6 nitrogen and oxygen atoms in total. The molecule has 0 spiro atoms. The molecule has 0 heterocycles. The highest BCUT2D eigenvalue weighted by atomic mass is 79.9. The van der Waals surface area contributed by atoms with Gasteiger partial charge in [0.25, 0.3) is 0 Å². The lowest BCUT2D eigenvalue weighted by atomic mass is 9.66. The molecule has 0 N–H and O–H groups in total. The van der Waals surface area contributed by atoms with Gasteiger partial charge in [-0.05, 0) is 20.8 Å². The van der Waals surface area contributed by atoms with E-state index in [0.717, 1.165) is 11.1 Å². The molecule has 1 fully saturated rings. The Kier molecular flexibility index (Phi) is 7.84. The highest BCUT2D eigenvalue weighted by molar-refractivity contribution is 9.10. The number of aliphatic imine (C=N–C) groups is 1. The Morgan fingerprint density at radius 3 is 1.91 bits per heavy atom. The van der Waals surface area contributed by atoms with Crippen molar-refractivity contribution in [2.75, 3.05) is 13.2 Å². The number of halogens is 1. The Hall–Kier alpha value is -2.80. The average Bonchev–Trinajstić information content (AvgIpc) is 2.82. The number of benzene rings is 2. The molecule has 3 unspecified atom stereocenters. The summed E-state index contributed by atoms with van der Waals surface area (Å²) in [7, 11) is 0. The van der Waals surface area contributed by atoms with Gasteiger partial charge in [0, 0.05) is 24.0 Å². The van der Waals surface area contributed by atoms with Gasteiger partial charge in [-0.15, -0.1) is 0 Å². The van der Waals surface area contributed by atoms with Gasteiger partial charge in [-0.3, -0.25) is 14.6 Å². The Morgan fingerprint density at radius 1 is 0.939 bits per heavy atom. The summed E-state index contributed by atoms with van der Waals surface area (Å²) in [5, 5.41) is 0. The van der Waals surface area contributed by atoms with E-state index in [1.807, 2.05) is 60.7 Å². The van der Waals surface area contributed by atoms with Gasteiger partial charge in [0.05, 0.1) is 23.8 Å². The third-order valence-electron chi connectivity index (χ3n) is 5.79. The molecule has 0 bridgehead atoms. The van der Waals surface area contributed by atoms with E-state index in [2.05, 4.69) is 15.9 Å². The summed E-state index contributed by atoms with van der Waals surface area (Å²) in [6.45, 7) is 5.20. The Labute approximate surface area is 202 Å². The van der Waals surface area contributed by atoms with Crippen LogP contribution in [0.25, 0.3) is 0 Å². The number of rotatable bonds is 7. The van der Waals surface area contributed by atoms with E-state index in [4.69, 9.17) is 14.5 Å². The van der Waals surface area contributed by atoms with Crippen LogP contribution in [0, 0.1) is 5.41 Å². The second kappa shape index (κ2) is 10.4. The molecule has 0 radical (unpaired) electrons. The van der Waals surface area contributed by atoms with E-state index in [9.17, 15) is 14.4 Å². The van der Waals surface area contributed by atoms with E-state index in [1.165, 1.54) is 6.92 Å². The van der Waals surface area contributed by atoms with Crippen LogP contribution in [0.2, 0.25) is 0 Å². The summed E-state index contributed by atoms with van der Waals surface area (Å²) >= 11 is 3.41. The molecule has 33 heavy (non-hydrogen) atoms. The molecular formula is C26H28BrNO5. The minimum atomic E-state index is -1.54. The molecule has 0 amide bonds. The van der Waals surface area contributed by atoms with E-state index in [-0.39, 0.29) is 31.8 Å². The first-order valence-electron chi connectivity index (χ1n) is 11.0. The Bertz CT molecular complexity index is 998. The largest absolute Gasteiger partial charge is 0.465 e. The number of hydrogen-bond acceptors (Lipinski definition) is 6. The normalized spacial score (nSPS) is 24.6. The van der Waals surface area contributed by atoms with Gasteiger partial charge < -0.3 is 9.47 Å². The minimum absolute atomic E-state index is 0.0723. The van der Waals surface area contributed by atoms with Crippen molar-refractivity contribution in [3.8, 4) is 0 Å². The number of carbonyl (C=O) groups is 3. The lowest BCUT2D eigenvalue weighted by Crippen LogP contribution is -2.57. The minimum Gasteiger partial charge on any atom is -0.465 e. The molecule has 174 valence electrons.